The average Bonchev–Trinajstić information content (AvgIpc) is 2.81. The number of aromatic hydroxyl groups is 1. The molecule has 0 saturated carbocycles. The Morgan fingerprint density at radius 3 is 2.41 bits per heavy atom. The second-order valence-electron chi connectivity index (χ2n) is 7.79. The van der Waals surface area contributed by atoms with Crippen molar-refractivity contribution >= 4 is 17.6 Å². The summed E-state index contributed by atoms with van der Waals surface area (Å²) in [7, 11) is 0. The third-order valence-electron chi connectivity index (χ3n) is 5.43. The van der Waals surface area contributed by atoms with Crippen molar-refractivity contribution in [3.63, 3.8) is 0 Å². The van der Waals surface area contributed by atoms with Crippen molar-refractivity contribution in [1.82, 2.24) is 4.90 Å². The second-order valence-corrected chi connectivity index (χ2v) is 7.79. The van der Waals surface area contributed by atoms with E-state index < -0.39 is 4.92 Å². The molecule has 0 aliphatic carbocycles. The minimum absolute atomic E-state index is 0.319. The molecule has 1 fully saturated rings. The highest BCUT2D eigenvalue weighted by molar-refractivity contribution is 5.87. The molecule has 0 amide bonds. The van der Waals surface area contributed by atoms with Gasteiger partial charge in [-0.2, -0.15) is 0 Å². The molecule has 7 heteroatoms. The largest absolute Gasteiger partial charge is 0.502 e. The van der Waals surface area contributed by atoms with Crippen LogP contribution in [-0.2, 0) is 17.7 Å². The lowest BCUT2D eigenvalue weighted by Crippen LogP contribution is -2.35. The van der Waals surface area contributed by atoms with E-state index in [9.17, 15) is 15.2 Å². The number of nitrogens with zero attached hydrogens (tertiary/aromatic N) is 3. The summed E-state index contributed by atoms with van der Waals surface area (Å²) >= 11 is 0. The summed E-state index contributed by atoms with van der Waals surface area (Å²) in [5.41, 5.74) is 3.68. The van der Waals surface area contributed by atoms with Gasteiger partial charge < -0.3 is 9.84 Å². The number of phenols is 1. The van der Waals surface area contributed by atoms with Crippen molar-refractivity contribution in [2.24, 2.45) is 4.99 Å². The van der Waals surface area contributed by atoms with Gasteiger partial charge in [0.2, 0.25) is 5.75 Å². The number of benzene rings is 3. The molecule has 1 aliphatic heterocycles. The molecular weight excluding hydrogens is 406 g/mol. The summed E-state index contributed by atoms with van der Waals surface area (Å²) in [4.78, 5) is 17.7. The van der Waals surface area contributed by atoms with Crippen LogP contribution in [0.4, 0.5) is 11.4 Å². The summed E-state index contributed by atoms with van der Waals surface area (Å²) in [6, 6.07) is 20.7. The molecule has 32 heavy (non-hydrogen) atoms. The van der Waals surface area contributed by atoms with Gasteiger partial charge in [-0.05, 0) is 41.3 Å². The minimum atomic E-state index is -0.568. The average molecular weight is 431 g/mol. The number of morpholine rings is 1. The van der Waals surface area contributed by atoms with E-state index in [1.54, 1.807) is 6.07 Å². The SMILES string of the molecule is O=[N+]([O-])c1cc(Cc2ccccc2)cc(C=Nc2ccc(CN3CCOCC3)cc2)c1O. The van der Waals surface area contributed by atoms with E-state index in [0.29, 0.717) is 17.7 Å². The molecular formula is C25H25N3O4. The first-order valence-corrected chi connectivity index (χ1v) is 10.6. The van der Waals surface area contributed by atoms with Gasteiger partial charge in [-0.25, -0.2) is 0 Å². The lowest BCUT2D eigenvalue weighted by Gasteiger charge is -2.26. The van der Waals surface area contributed by atoms with Gasteiger partial charge >= 0.3 is 5.69 Å². The molecule has 164 valence electrons. The Balaban J connectivity index is 1.52. The molecule has 1 heterocycles. The Labute approximate surface area is 186 Å². The molecule has 0 bridgehead atoms. The maximum absolute atomic E-state index is 11.4. The zero-order valence-corrected chi connectivity index (χ0v) is 17.7. The maximum atomic E-state index is 11.4. The first-order valence-electron chi connectivity index (χ1n) is 10.6. The first-order chi connectivity index (χ1) is 15.6. The predicted octanol–water partition coefficient (Wildman–Crippen LogP) is 4.47. The monoisotopic (exact) mass is 431 g/mol. The number of phenolic OH excluding ortho intramolecular Hbond substituents is 1. The zero-order valence-electron chi connectivity index (χ0n) is 17.7. The molecule has 4 rings (SSSR count). The van der Waals surface area contributed by atoms with Gasteiger partial charge in [0.1, 0.15) is 0 Å². The van der Waals surface area contributed by atoms with Crippen molar-refractivity contribution in [1.29, 1.82) is 0 Å². The Bertz CT molecular complexity index is 1090. The molecule has 0 radical (unpaired) electrons. The summed E-state index contributed by atoms with van der Waals surface area (Å²) in [6.45, 7) is 4.25. The summed E-state index contributed by atoms with van der Waals surface area (Å²) in [6.07, 6.45) is 2.01. The number of hydrogen-bond donors (Lipinski definition) is 1. The molecule has 3 aromatic rings. The van der Waals surface area contributed by atoms with Crippen molar-refractivity contribution in [3.8, 4) is 5.75 Å². The molecule has 0 aromatic heterocycles. The standard InChI is InChI=1S/C25H25N3O4/c29-25-22(15-21(16-24(25)28(30)31)14-19-4-2-1-3-5-19)17-26-23-8-6-20(7-9-23)18-27-10-12-32-13-11-27/h1-9,15-17,29H,10-14,18H2. The minimum Gasteiger partial charge on any atom is -0.502 e. The van der Waals surface area contributed by atoms with Crippen LogP contribution in [0.3, 0.4) is 0 Å². The van der Waals surface area contributed by atoms with Crippen molar-refractivity contribution in [2.75, 3.05) is 26.3 Å². The predicted molar refractivity (Wildman–Crippen MR) is 124 cm³/mol. The summed E-state index contributed by atoms with van der Waals surface area (Å²) in [5, 5.41) is 21.8. The molecule has 7 nitrogen and oxygen atoms in total. The molecule has 0 atom stereocenters. The topological polar surface area (TPSA) is 88.2 Å². The van der Waals surface area contributed by atoms with Crippen LogP contribution in [0.15, 0.2) is 71.7 Å². The van der Waals surface area contributed by atoms with Crippen LogP contribution in [-0.4, -0.2) is 47.4 Å². The van der Waals surface area contributed by atoms with Crippen LogP contribution in [0.5, 0.6) is 5.75 Å². The molecule has 0 spiro atoms. The number of hydrogen-bond acceptors (Lipinski definition) is 6. The van der Waals surface area contributed by atoms with E-state index in [2.05, 4.69) is 9.89 Å². The fourth-order valence-corrected chi connectivity index (χ4v) is 3.72. The highest BCUT2D eigenvalue weighted by Gasteiger charge is 2.18. The maximum Gasteiger partial charge on any atom is 0.311 e. The van der Waals surface area contributed by atoms with Gasteiger partial charge in [-0.15, -0.1) is 0 Å². The van der Waals surface area contributed by atoms with Crippen LogP contribution >= 0.6 is 0 Å². The van der Waals surface area contributed by atoms with Gasteiger partial charge in [0, 0.05) is 37.5 Å². The lowest BCUT2D eigenvalue weighted by atomic mass is 10.0. The normalized spacial score (nSPS) is 14.6. The molecule has 0 unspecified atom stereocenters. The highest BCUT2D eigenvalue weighted by Crippen LogP contribution is 2.31. The third-order valence-corrected chi connectivity index (χ3v) is 5.43. The number of aliphatic imine (C=N–C) groups is 1. The number of ether oxygens (including phenoxy) is 1. The van der Waals surface area contributed by atoms with Gasteiger partial charge in [-0.3, -0.25) is 20.0 Å². The van der Waals surface area contributed by atoms with Crippen LogP contribution in [0.25, 0.3) is 0 Å². The summed E-state index contributed by atoms with van der Waals surface area (Å²) in [5.74, 6) is -0.375. The Kier molecular flexibility index (Phi) is 6.89. The van der Waals surface area contributed by atoms with Crippen LogP contribution in [0.2, 0.25) is 0 Å². The van der Waals surface area contributed by atoms with Crippen molar-refractivity contribution < 1.29 is 14.8 Å². The van der Waals surface area contributed by atoms with Gasteiger partial charge in [-0.1, -0.05) is 42.5 Å². The third kappa shape index (κ3) is 5.57. The lowest BCUT2D eigenvalue weighted by molar-refractivity contribution is -0.385. The Morgan fingerprint density at radius 2 is 1.72 bits per heavy atom. The second kappa shape index (κ2) is 10.2. The molecule has 1 aliphatic rings. The van der Waals surface area contributed by atoms with E-state index in [0.717, 1.165) is 44.0 Å². The zero-order chi connectivity index (χ0) is 22.3. The first kappa shape index (κ1) is 21.7. The highest BCUT2D eigenvalue weighted by atomic mass is 16.6. The van der Waals surface area contributed by atoms with E-state index >= 15 is 0 Å². The smallest absolute Gasteiger partial charge is 0.311 e. The molecule has 3 aromatic carbocycles. The fourth-order valence-electron chi connectivity index (χ4n) is 3.72. The number of nitro groups is 1. The summed E-state index contributed by atoms with van der Waals surface area (Å²) < 4.78 is 5.38. The quantitative estimate of drug-likeness (QED) is 0.339. The van der Waals surface area contributed by atoms with E-state index in [-0.39, 0.29) is 11.4 Å². The van der Waals surface area contributed by atoms with Crippen molar-refractivity contribution in [3.05, 3.63) is 99.1 Å². The van der Waals surface area contributed by atoms with E-state index in [4.69, 9.17) is 4.74 Å². The van der Waals surface area contributed by atoms with E-state index in [1.807, 2.05) is 54.6 Å². The van der Waals surface area contributed by atoms with Gasteiger partial charge in [0.25, 0.3) is 0 Å². The van der Waals surface area contributed by atoms with Crippen molar-refractivity contribution in [2.45, 2.75) is 13.0 Å². The fraction of sp³-hybridized carbons (Fsp3) is 0.240. The number of rotatable bonds is 7. The molecule has 1 saturated heterocycles. The van der Waals surface area contributed by atoms with Gasteiger partial charge in [0.15, 0.2) is 0 Å². The molecule has 1 N–H and O–H groups in total. The number of nitro benzene ring substituents is 1. The van der Waals surface area contributed by atoms with E-state index in [1.165, 1.54) is 17.8 Å². The van der Waals surface area contributed by atoms with Crippen LogP contribution < -0.4 is 0 Å². The van der Waals surface area contributed by atoms with Gasteiger partial charge in [0.05, 0.1) is 23.8 Å². The Morgan fingerprint density at radius 1 is 1.00 bits per heavy atom. The van der Waals surface area contributed by atoms with Crippen LogP contribution in [0.1, 0.15) is 22.3 Å². The Hall–Kier alpha value is -3.55. The van der Waals surface area contributed by atoms with Crippen LogP contribution in [0, 0.1) is 10.1 Å².